The van der Waals surface area contributed by atoms with E-state index in [1.54, 1.807) is 24.3 Å². The molecule has 0 amide bonds. The largest absolute Gasteiger partial charge is 0.508 e. The molecular weight excluding hydrogens is 206 g/mol. The van der Waals surface area contributed by atoms with E-state index in [9.17, 15) is 9.90 Å². The van der Waals surface area contributed by atoms with E-state index in [0.717, 1.165) is 6.42 Å². The zero-order chi connectivity index (χ0) is 12.0. The lowest BCUT2D eigenvalue weighted by Crippen LogP contribution is -2.30. The van der Waals surface area contributed by atoms with Crippen molar-refractivity contribution < 1.29 is 14.6 Å². The van der Waals surface area contributed by atoms with Crippen molar-refractivity contribution in [2.75, 3.05) is 13.7 Å². The summed E-state index contributed by atoms with van der Waals surface area (Å²) >= 11 is 0. The number of carbonyl (C=O) groups is 1. The van der Waals surface area contributed by atoms with Gasteiger partial charge in [-0.25, -0.2) is 4.79 Å². The molecule has 0 saturated heterocycles. The van der Waals surface area contributed by atoms with Crippen molar-refractivity contribution >= 4 is 5.97 Å². The average Bonchev–Trinajstić information content (AvgIpc) is 2.31. The second-order valence-electron chi connectivity index (χ2n) is 3.47. The van der Waals surface area contributed by atoms with E-state index in [-0.39, 0.29) is 5.75 Å². The Morgan fingerprint density at radius 3 is 2.75 bits per heavy atom. The molecule has 0 aliphatic rings. The molecule has 0 heterocycles. The van der Waals surface area contributed by atoms with Gasteiger partial charge in [0.15, 0.2) is 0 Å². The first-order chi connectivity index (χ1) is 7.70. The molecule has 2 N–H and O–H groups in total. The SMILES string of the molecule is CCCNC(C(=O)OC)c1ccccc1O. The highest BCUT2D eigenvalue weighted by Gasteiger charge is 2.22. The zero-order valence-corrected chi connectivity index (χ0v) is 9.56. The highest BCUT2D eigenvalue weighted by molar-refractivity contribution is 5.78. The molecule has 0 fully saturated rings. The molecule has 1 aromatic rings. The van der Waals surface area contributed by atoms with Crippen molar-refractivity contribution in [1.82, 2.24) is 5.32 Å². The van der Waals surface area contributed by atoms with Gasteiger partial charge >= 0.3 is 5.97 Å². The van der Waals surface area contributed by atoms with Crippen molar-refractivity contribution in [3.05, 3.63) is 29.8 Å². The highest BCUT2D eigenvalue weighted by Crippen LogP contribution is 2.24. The summed E-state index contributed by atoms with van der Waals surface area (Å²) in [6, 6.07) is 6.15. The molecule has 0 aliphatic carbocycles. The summed E-state index contributed by atoms with van der Waals surface area (Å²) < 4.78 is 4.71. The van der Waals surface area contributed by atoms with Gasteiger partial charge in [-0.2, -0.15) is 0 Å². The number of para-hydroxylation sites is 1. The maximum Gasteiger partial charge on any atom is 0.327 e. The Bertz CT molecular complexity index is 352. The van der Waals surface area contributed by atoms with Gasteiger partial charge in [0.25, 0.3) is 0 Å². The van der Waals surface area contributed by atoms with Crippen molar-refractivity contribution in [2.45, 2.75) is 19.4 Å². The Morgan fingerprint density at radius 1 is 1.50 bits per heavy atom. The van der Waals surface area contributed by atoms with Crippen LogP contribution in [-0.4, -0.2) is 24.7 Å². The van der Waals surface area contributed by atoms with Gasteiger partial charge in [0.05, 0.1) is 7.11 Å². The number of phenols is 1. The molecule has 88 valence electrons. The number of aromatic hydroxyl groups is 1. The van der Waals surface area contributed by atoms with E-state index >= 15 is 0 Å². The Balaban J connectivity index is 2.92. The summed E-state index contributed by atoms with van der Waals surface area (Å²) in [5.74, 6) is -0.295. The number of carbonyl (C=O) groups excluding carboxylic acids is 1. The molecule has 16 heavy (non-hydrogen) atoms. The van der Waals surface area contributed by atoms with E-state index in [2.05, 4.69) is 5.32 Å². The fourth-order valence-electron chi connectivity index (χ4n) is 1.46. The average molecular weight is 223 g/mol. The normalized spacial score (nSPS) is 12.1. The third kappa shape index (κ3) is 2.97. The summed E-state index contributed by atoms with van der Waals surface area (Å²) in [6.07, 6.45) is 0.904. The molecule has 4 nitrogen and oxygen atoms in total. The molecule has 1 rings (SSSR count). The van der Waals surface area contributed by atoms with Gasteiger partial charge < -0.3 is 15.2 Å². The van der Waals surface area contributed by atoms with E-state index in [1.165, 1.54) is 7.11 Å². The molecule has 0 aliphatic heterocycles. The third-order valence-corrected chi connectivity index (χ3v) is 2.28. The molecule has 0 saturated carbocycles. The van der Waals surface area contributed by atoms with Gasteiger partial charge in [0.2, 0.25) is 0 Å². The van der Waals surface area contributed by atoms with Gasteiger partial charge in [-0.05, 0) is 19.0 Å². The maximum absolute atomic E-state index is 11.6. The summed E-state index contributed by atoms with van der Waals surface area (Å²) in [5, 5.41) is 12.7. The first kappa shape index (κ1) is 12.5. The van der Waals surface area contributed by atoms with Gasteiger partial charge in [0, 0.05) is 5.56 Å². The van der Waals surface area contributed by atoms with Crippen LogP contribution in [0.2, 0.25) is 0 Å². The van der Waals surface area contributed by atoms with Crippen molar-refractivity contribution in [2.24, 2.45) is 0 Å². The maximum atomic E-state index is 11.6. The standard InChI is InChI=1S/C12H17NO3/c1-3-8-13-11(12(15)16-2)9-6-4-5-7-10(9)14/h4-7,11,13-14H,3,8H2,1-2H3. The van der Waals surface area contributed by atoms with Crippen LogP contribution in [0.3, 0.4) is 0 Å². The van der Waals surface area contributed by atoms with Crippen LogP contribution in [0.25, 0.3) is 0 Å². The predicted octanol–water partition coefficient (Wildman–Crippen LogP) is 1.61. The van der Waals surface area contributed by atoms with Gasteiger partial charge in [0.1, 0.15) is 11.8 Å². The van der Waals surface area contributed by atoms with E-state index in [0.29, 0.717) is 12.1 Å². The number of rotatable bonds is 5. The quantitative estimate of drug-likeness (QED) is 0.744. The highest BCUT2D eigenvalue weighted by atomic mass is 16.5. The molecule has 0 bridgehead atoms. The predicted molar refractivity (Wildman–Crippen MR) is 61.2 cm³/mol. The minimum absolute atomic E-state index is 0.0986. The van der Waals surface area contributed by atoms with Crippen LogP contribution < -0.4 is 5.32 Å². The fourth-order valence-corrected chi connectivity index (χ4v) is 1.46. The molecule has 4 heteroatoms. The Labute approximate surface area is 95.2 Å². The lowest BCUT2D eigenvalue weighted by Gasteiger charge is -2.17. The van der Waals surface area contributed by atoms with Gasteiger partial charge in [-0.3, -0.25) is 0 Å². The van der Waals surface area contributed by atoms with Crippen LogP contribution in [0.4, 0.5) is 0 Å². The number of benzene rings is 1. The fraction of sp³-hybridized carbons (Fsp3) is 0.417. The molecule has 1 atom stereocenters. The Kier molecular flexibility index (Phi) is 4.79. The number of nitrogens with one attached hydrogen (secondary N) is 1. The number of esters is 1. The third-order valence-electron chi connectivity index (χ3n) is 2.28. The molecule has 0 spiro atoms. The smallest absolute Gasteiger partial charge is 0.327 e. The lowest BCUT2D eigenvalue weighted by atomic mass is 10.1. The summed E-state index contributed by atoms with van der Waals surface area (Å²) in [5.41, 5.74) is 0.544. The van der Waals surface area contributed by atoms with Crippen LogP contribution in [0, 0.1) is 0 Å². The first-order valence-electron chi connectivity index (χ1n) is 5.29. The number of ether oxygens (including phenoxy) is 1. The zero-order valence-electron chi connectivity index (χ0n) is 9.56. The molecule has 1 unspecified atom stereocenters. The van der Waals surface area contributed by atoms with Crippen LogP contribution in [0.5, 0.6) is 5.75 Å². The number of methoxy groups -OCH3 is 1. The second kappa shape index (κ2) is 6.12. The van der Waals surface area contributed by atoms with E-state index < -0.39 is 12.0 Å². The second-order valence-corrected chi connectivity index (χ2v) is 3.47. The summed E-state index contributed by atoms with van der Waals surface area (Å²) in [4.78, 5) is 11.6. The van der Waals surface area contributed by atoms with Gasteiger partial charge in [-0.15, -0.1) is 0 Å². The molecule has 1 aromatic carbocycles. The minimum atomic E-state index is -0.605. The topological polar surface area (TPSA) is 58.6 Å². The lowest BCUT2D eigenvalue weighted by molar-refractivity contribution is -0.143. The Morgan fingerprint density at radius 2 is 2.19 bits per heavy atom. The Hall–Kier alpha value is -1.55. The van der Waals surface area contributed by atoms with Crippen LogP contribution in [-0.2, 0) is 9.53 Å². The molecule has 0 radical (unpaired) electrons. The van der Waals surface area contributed by atoms with E-state index in [4.69, 9.17) is 4.74 Å². The van der Waals surface area contributed by atoms with Gasteiger partial charge in [-0.1, -0.05) is 25.1 Å². The van der Waals surface area contributed by atoms with Crippen LogP contribution >= 0.6 is 0 Å². The number of hydrogen-bond donors (Lipinski definition) is 2. The summed E-state index contributed by atoms with van der Waals surface area (Å²) in [6.45, 7) is 2.69. The number of hydrogen-bond acceptors (Lipinski definition) is 4. The monoisotopic (exact) mass is 223 g/mol. The minimum Gasteiger partial charge on any atom is -0.508 e. The number of phenolic OH excluding ortho intramolecular Hbond substituents is 1. The molecular formula is C12H17NO3. The van der Waals surface area contributed by atoms with Crippen LogP contribution in [0.15, 0.2) is 24.3 Å². The molecule has 0 aromatic heterocycles. The van der Waals surface area contributed by atoms with Crippen LogP contribution in [0.1, 0.15) is 24.9 Å². The van der Waals surface area contributed by atoms with E-state index in [1.807, 2.05) is 6.92 Å². The first-order valence-corrected chi connectivity index (χ1v) is 5.29. The van der Waals surface area contributed by atoms with Crippen molar-refractivity contribution in [3.63, 3.8) is 0 Å². The van der Waals surface area contributed by atoms with Crippen molar-refractivity contribution in [3.8, 4) is 5.75 Å². The van der Waals surface area contributed by atoms with Crippen molar-refractivity contribution in [1.29, 1.82) is 0 Å². The summed E-state index contributed by atoms with van der Waals surface area (Å²) in [7, 11) is 1.34.